The molecule has 9 heteroatoms. The van der Waals surface area contributed by atoms with Crippen molar-refractivity contribution in [2.75, 3.05) is 6.61 Å². The van der Waals surface area contributed by atoms with E-state index in [-0.39, 0.29) is 32.3 Å². The van der Waals surface area contributed by atoms with E-state index in [1.165, 1.54) is 0 Å². The summed E-state index contributed by atoms with van der Waals surface area (Å²) in [5.74, 6) is -2.91. The van der Waals surface area contributed by atoms with Crippen LogP contribution in [0, 0.1) is 0 Å². The van der Waals surface area contributed by atoms with Gasteiger partial charge in [-0.3, -0.25) is 14.4 Å². The Balaban J connectivity index is 3.07. The van der Waals surface area contributed by atoms with E-state index in [1.807, 2.05) is 0 Å². The van der Waals surface area contributed by atoms with Crippen molar-refractivity contribution in [1.29, 1.82) is 0 Å². The molecule has 0 saturated heterocycles. The maximum absolute atomic E-state index is 12.9. The number of hydrogen-bond acceptors (Lipinski definition) is 6. The molecule has 0 heterocycles. The molecule has 1 aromatic rings. The lowest BCUT2D eigenvalue weighted by atomic mass is 9.73. The summed E-state index contributed by atoms with van der Waals surface area (Å²) in [6.07, 6.45) is -0.967. The highest BCUT2D eigenvalue weighted by molar-refractivity contribution is 5.88. The summed E-state index contributed by atoms with van der Waals surface area (Å²) >= 11 is 0. The Kier molecular flexibility index (Phi) is 10.2. The standard InChI is InChI=1S/C23H33NO8/c1-5-31-20(29)23(15-19(27)28,16-10-7-6-8-11-16)13-9-12-17(14-18(25)26)24-21(30)32-22(2,3)4/h6-8,10-11,17H,5,9,12-15H2,1-4H3,(H,24,30)(H,25,26)(H,27,28). The number of aliphatic carboxylic acids is 2. The molecule has 32 heavy (non-hydrogen) atoms. The SMILES string of the molecule is CCOC(=O)C(CCCC(CC(=O)O)NC(=O)OC(C)(C)C)(CC(=O)O)c1ccccc1. The summed E-state index contributed by atoms with van der Waals surface area (Å²) < 4.78 is 10.4. The first-order valence-electron chi connectivity index (χ1n) is 10.6. The maximum Gasteiger partial charge on any atom is 0.407 e. The third-order valence-electron chi connectivity index (χ3n) is 4.74. The van der Waals surface area contributed by atoms with Crippen LogP contribution in [0.3, 0.4) is 0 Å². The van der Waals surface area contributed by atoms with Crippen LogP contribution in [0.4, 0.5) is 4.79 Å². The fourth-order valence-corrected chi connectivity index (χ4v) is 3.47. The minimum atomic E-state index is -1.43. The second kappa shape index (κ2) is 12.1. The predicted molar refractivity (Wildman–Crippen MR) is 116 cm³/mol. The molecule has 9 nitrogen and oxygen atoms in total. The van der Waals surface area contributed by atoms with Crippen LogP contribution in [0.1, 0.15) is 65.4 Å². The van der Waals surface area contributed by atoms with Gasteiger partial charge in [-0.25, -0.2) is 4.79 Å². The summed E-state index contributed by atoms with van der Waals surface area (Å²) in [5, 5.41) is 21.3. The van der Waals surface area contributed by atoms with Gasteiger partial charge in [0, 0.05) is 6.04 Å². The Morgan fingerprint density at radius 3 is 2.16 bits per heavy atom. The van der Waals surface area contributed by atoms with Gasteiger partial charge in [0.2, 0.25) is 0 Å². The molecular formula is C23H33NO8. The minimum Gasteiger partial charge on any atom is -0.481 e. The highest BCUT2D eigenvalue weighted by Gasteiger charge is 2.43. The number of ether oxygens (including phenoxy) is 2. The number of hydrogen-bond donors (Lipinski definition) is 3. The van der Waals surface area contributed by atoms with Crippen molar-refractivity contribution in [1.82, 2.24) is 5.32 Å². The van der Waals surface area contributed by atoms with Gasteiger partial charge in [-0.15, -0.1) is 0 Å². The molecule has 0 bridgehead atoms. The Labute approximate surface area is 188 Å². The second-order valence-electron chi connectivity index (χ2n) is 8.57. The van der Waals surface area contributed by atoms with Gasteiger partial charge in [-0.1, -0.05) is 30.3 Å². The van der Waals surface area contributed by atoms with Crippen molar-refractivity contribution >= 4 is 24.0 Å². The number of rotatable bonds is 12. The van der Waals surface area contributed by atoms with Crippen LogP contribution in [0.15, 0.2) is 30.3 Å². The number of amides is 1. The Hall–Kier alpha value is -3.10. The first-order chi connectivity index (χ1) is 14.9. The van der Waals surface area contributed by atoms with E-state index in [4.69, 9.17) is 9.47 Å². The number of carbonyl (C=O) groups is 4. The van der Waals surface area contributed by atoms with Crippen molar-refractivity contribution in [3.05, 3.63) is 35.9 Å². The molecule has 0 aliphatic carbocycles. The number of carboxylic acid groups (broad SMARTS) is 2. The van der Waals surface area contributed by atoms with Gasteiger partial charge in [-0.2, -0.15) is 0 Å². The zero-order chi connectivity index (χ0) is 24.4. The van der Waals surface area contributed by atoms with Gasteiger partial charge < -0.3 is 25.0 Å². The Morgan fingerprint density at radius 1 is 1.03 bits per heavy atom. The number of carboxylic acids is 2. The van der Waals surface area contributed by atoms with E-state index in [2.05, 4.69) is 5.32 Å². The Morgan fingerprint density at radius 2 is 1.66 bits per heavy atom. The number of alkyl carbamates (subject to hydrolysis) is 1. The van der Waals surface area contributed by atoms with Gasteiger partial charge in [-0.05, 0) is 52.5 Å². The fourth-order valence-electron chi connectivity index (χ4n) is 3.47. The van der Waals surface area contributed by atoms with E-state index >= 15 is 0 Å². The summed E-state index contributed by atoms with van der Waals surface area (Å²) in [7, 11) is 0. The third-order valence-corrected chi connectivity index (χ3v) is 4.74. The molecule has 0 spiro atoms. The maximum atomic E-state index is 12.9. The Bertz CT molecular complexity index is 787. The largest absolute Gasteiger partial charge is 0.481 e. The molecule has 1 aromatic carbocycles. The summed E-state index contributed by atoms with van der Waals surface area (Å²) in [4.78, 5) is 47.9. The fraction of sp³-hybridized carbons (Fsp3) is 0.565. The number of carbonyl (C=O) groups excluding carboxylic acids is 2. The van der Waals surface area contributed by atoms with Crippen molar-refractivity contribution in [2.45, 2.75) is 76.9 Å². The van der Waals surface area contributed by atoms with Crippen molar-refractivity contribution in [3.8, 4) is 0 Å². The number of benzene rings is 1. The molecule has 0 fully saturated rings. The first-order valence-corrected chi connectivity index (χ1v) is 10.6. The second-order valence-corrected chi connectivity index (χ2v) is 8.57. The van der Waals surface area contributed by atoms with Crippen LogP contribution < -0.4 is 5.32 Å². The molecule has 0 saturated carbocycles. The highest BCUT2D eigenvalue weighted by Crippen LogP contribution is 2.36. The lowest BCUT2D eigenvalue weighted by molar-refractivity contribution is -0.155. The highest BCUT2D eigenvalue weighted by atomic mass is 16.6. The van der Waals surface area contributed by atoms with E-state index in [1.54, 1.807) is 58.0 Å². The number of nitrogens with one attached hydrogen (secondary N) is 1. The predicted octanol–water partition coefficient (Wildman–Crippen LogP) is 3.50. The van der Waals surface area contributed by atoms with Gasteiger partial charge in [0.1, 0.15) is 11.0 Å². The topological polar surface area (TPSA) is 139 Å². The van der Waals surface area contributed by atoms with Gasteiger partial charge >= 0.3 is 24.0 Å². The molecule has 178 valence electrons. The van der Waals surface area contributed by atoms with E-state index in [9.17, 15) is 29.4 Å². The van der Waals surface area contributed by atoms with Gasteiger partial charge in [0.05, 0.1) is 19.4 Å². The zero-order valence-electron chi connectivity index (χ0n) is 19.1. The number of esters is 1. The third kappa shape index (κ3) is 8.95. The summed E-state index contributed by atoms with van der Waals surface area (Å²) in [6.45, 7) is 6.81. The molecule has 0 aromatic heterocycles. The lowest BCUT2D eigenvalue weighted by Gasteiger charge is -2.31. The van der Waals surface area contributed by atoms with E-state index in [0.29, 0.717) is 5.56 Å². The molecule has 1 amide bonds. The van der Waals surface area contributed by atoms with E-state index < -0.39 is 47.5 Å². The molecule has 2 unspecified atom stereocenters. The monoisotopic (exact) mass is 451 g/mol. The zero-order valence-corrected chi connectivity index (χ0v) is 19.1. The summed E-state index contributed by atoms with van der Waals surface area (Å²) in [6, 6.07) is 7.78. The van der Waals surface area contributed by atoms with E-state index in [0.717, 1.165) is 0 Å². The van der Waals surface area contributed by atoms with Crippen LogP contribution in [0.5, 0.6) is 0 Å². The average molecular weight is 452 g/mol. The average Bonchev–Trinajstić information content (AvgIpc) is 2.65. The lowest BCUT2D eigenvalue weighted by Crippen LogP contribution is -2.42. The quantitative estimate of drug-likeness (QED) is 0.410. The normalized spacial score (nSPS) is 14.0. The molecular weight excluding hydrogens is 418 g/mol. The van der Waals surface area contributed by atoms with Crippen LogP contribution >= 0.6 is 0 Å². The molecule has 0 aliphatic heterocycles. The molecule has 3 N–H and O–H groups in total. The van der Waals surface area contributed by atoms with Crippen molar-refractivity contribution in [2.24, 2.45) is 0 Å². The van der Waals surface area contributed by atoms with Gasteiger partial charge in [0.25, 0.3) is 0 Å². The van der Waals surface area contributed by atoms with Crippen molar-refractivity contribution < 1.29 is 38.9 Å². The minimum absolute atomic E-state index is 0.0921. The molecule has 0 radical (unpaired) electrons. The first kappa shape index (κ1) is 26.9. The van der Waals surface area contributed by atoms with Crippen LogP contribution in [0.25, 0.3) is 0 Å². The van der Waals surface area contributed by atoms with Gasteiger partial charge in [0.15, 0.2) is 0 Å². The van der Waals surface area contributed by atoms with Crippen LogP contribution in [-0.4, -0.2) is 52.5 Å². The molecule has 0 aliphatic rings. The van der Waals surface area contributed by atoms with Crippen LogP contribution in [-0.2, 0) is 29.3 Å². The van der Waals surface area contributed by atoms with Crippen LogP contribution in [0.2, 0.25) is 0 Å². The van der Waals surface area contributed by atoms with Crippen molar-refractivity contribution in [3.63, 3.8) is 0 Å². The molecule has 1 rings (SSSR count). The molecule has 2 atom stereocenters. The summed E-state index contributed by atoms with van der Waals surface area (Å²) in [5.41, 5.74) is -1.66. The smallest absolute Gasteiger partial charge is 0.407 e.